The minimum absolute atomic E-state index is 0.0418. The number of nitrogens with one attached hydrogen (secondary N) is 2. The Hall–Kier alpha value is -0.660. The van der Waals surface area contributed by atoms with E-state index in [4.69, 9.17) is 5.11 Å². The lowest BCUT2D eigenvalue weighted by atomic mass is 10.3. The summed E-state index contributed by atoms with van der Waals surface area (Å²) in [6, 6.07) is -0.0418. The van der Waals surface area contributed by atoms with Crippen LogP contribution >= 0.6 is 0 Å². The predicted octanol–water partition coefficient (Wildman–Crippen LogP) is -0.867. The molecule has 1 unspecified atom stereocenters. The predicted molar refractivity (Wildman–Crippen MR) is 55.1 cm³/mol. The zero-order valence-corrected chi connectivity index (χ0v) is 9.22. The summed E-state index contributed by atoms with van der Waals surface area (Å²) in [4.78, 5) is 10.2. The van der Waals surface area contributed by atoms with Crippen LogP contribution in [-0.4, -0.2) is 44.4 Å². The number of rotatable bonds is 6. The average Bonchev–Trinajstić information content (AvgIpc) is 2.54. The van der Waals surface area contributed by atoms with Crippen molar-refractivity contribution in [3.05, 3.63) is 0 Å². The molecule has 0 bridgehead atoms. The summed E-state index contributed by atoms with van der Waals surface area (Å²) < 4.78 is 25.4. The number of carboxylic acid groups (broad SMARTS) is 1. The van der Waals surface area contributed by atoms with Crippen LogP contribution in [0.15, 0.2) is 0 Å². The molecule has 6 nitrogen and oxygen atoms in total. The summed E-state index contributed by atoms with van der Waals surface area (Å²) in [5, 5.41) is 11.4. The topological polar surface area (TPSA) is 95.5 Å². The first-order chi connectivity index (χ1) is 6.99. The fourth-order valence-electron chi connectivity index (χ4n) is 1.48. The minimum Gasteiger partial charge on any atom is -0.481 e. The van der Waals surface area contributed by atoms with Gasteiger partial charge in [-0.15, -0.1) is 0 Å². The fourth-order valence-corrected chi connectivity index (χ4v) is 2.83. The van der Waals surface area contributed by atoms with Gasteiger partial charge in [-0.1, -0.05) is 0 Å². The lowest BCUT2D eigenvalue weighted by molar-refractivity contribution is -0.137. The number of sulfonamides is 1. The van der Waals surface area contributed by atoms with Gasteiger partial charge >= 0.3 is 5.97 Å². The van der Waals surface area contributed by atoms with Gasteiger partial charge < -0.3 is 10.4 Å². The molecule has 0 radical (unpaired) electrons. The molecule has 0 aromatic carbocycles. The Morgan fingerprint density at radius 3 is 2.80 bits per heavy atom. The second-order valence-electron chi connectivity index (χ2n) is 3.62. The van der Waals surface area contributed by atoms with E-state index in [2.05, 4.69) is 10.0 Å². The molecule has 15 heavy (non-hydrogen) atoms. The molecular weight excluding hydrogens is 220 g/mol. The molecule has 0 amide bonds. The van der Waals surface area contributed by atoms with Crippen LogP contribution in [0.2, 0.25) is 0 Å². The van der Waals surface area contributed by atoms with E-state index in [0.29, 0.717) is 6.54 Å². The molecule has 1 saturated heterocycles. The van der Waals surface area contributed by atoms with Gasteiger partial charge in [0.1, 0.15) is 0 Å². The lowest BCUT2D eigenvalue weighted by Crippen LogP contribution is -2.37. The Morgan fingerprint density at radius 1 is 1.53 bits per heavy atom. The van der Waals surface area contributed by atoms with Crippen LogP contribution in [0.1, 0.15) is 19.3 Å². The molecule has 0 aliphatic carbocycles. The Morgan fingerprint density at radius 2 is 2.27 bits per heavy atom. The second kappa shape index (κ2) is 5.43. The van der Waals surface area contributed by atoms with E-state index in [9.17, 15) is 13.2 Å². The number of aliphatic carboxylic acids is 1. The molecule has 1 rings (SSSR count). The van der Waals surface area contributed by atoms with Crippen molar-refractivity contribution in [1.82, 2.24) is 10.0 Å². The number of hydrogen-bond donors (Lipinski definition) is 3. The van der Waals surface area contributed by atoms with Crippen molar-refractivity contribution in [3.63, 3.8) is 0 Å². The third kappa shape index (κ3) is 5.10. The number of carboxylic acids is 1. The molecule has 1 fully saturated rings. The third-order valence-electron chi connectivity index (χ3n) is 2.21. The zero-order valence-electron chi connectivity index (χ0n) is 8.40. The van der Waals surface area contributed by atoms with Crippen LogP contribution in [0.4, 0.5) is 0 Å². The van der Waals surface area contributed by atoms with Crippen LogP contribution in [0.5, 0.6) is 0 Å². The minimum atomic E-state index is -3.31. The van der Waals surface area contributed by atoms with Crippen molar-refractivity contribution >= 4 is 16.0 Å². The van der Waals surface area contributed by atoms with Gasteiger partial charge in [0, 0.05) is 19.0 Å². The first-order valence-electron chi connectivity index (χ1n) is 4.92. The maximum Gasteiger partial charge on any atom is 0.303 e. The molecule has 1 heterocycles. The lowest BCUT2D eigenvalue weighted by Gasteiger charge is -2.11. The molecule has 3 N–H and O–H groups in total. The van der Waals surface area contributed by atoms with Gasteiger partial charge in [-0.2, -0.15) is 0 Å². The molecule has 0 saturated carbocycles. The van der Waals surface area contributed by atoms with Crippen molar-refractivity contribution in [2.24, 2.45) is 0 Å². The van der Waals surface area contributed by atoms with Crippen LogP contribution in [0.3, 0.4) is 0 Å². The highest BCUT2D eigenvalue weighted by Crippen LogP contribution is 2.02. The van der Waals surface area contributed by atoms with E-state index in [1.54, 1.807) is 0 Å². The molecule has 1 aliphatic rings. The smallest absolute Gasteiger partial charge is 0.303 e. The van der Waals surface area contributed by atoms with Gasteiger partial charge in [0.05, 0.1) is 5.75 Å². The fraction of sp³-hybridized carbons (Fsp3) is 0.875. The maximum absolute atomic E-state index is 11.4. The standard InChI is InChI=1S/C8H16N2O4S/c11-8(12)2-1-5-15(13,14)10-7-3-4-9-6-7/h7,9-10H,1-6H2,(H,11,12). The molecule has 0 spiro atoms. The first-order valence-corrected chi connectivity index (χ1v) is 6.57. The summed E-state index contributed by atoms with van der Waals surface area (Å²) in [6.45, 7) is 1.47. The number of carbonyl (C=O) groups is 1. The molecule has 7 heteroatoms. The van der Waals surface area contributed by atoms with Crippen molar-refractivity contribution < 1.29 is 18.3 Å². The quantitative estimate of drug-likeness (QED) is 0.557. The van der Waals surface area contributed by atoms with E-state index in [1.807, 2.05) is 0 Å². The van der Waals surface area contributed by atoms with E-state index in [-0.39, 0.29) is 24.6 Å². The van der Waals surface area contributed by atoms with E-state index in [1.165, 1.54) is 0 Å². The van der Waals surface area contributed by atoms with Gasteiger partial charge in [0.15, 0.2) is 0 Å². The summed E-state index contributed by atoms with van der Waals surface area (Å²) in [7, 11) is -3.31. The summed E-state index contributed by atoms with van der Waals surface area (Å²) >= 11 is 0. The van der Waals surface area contributed by atoms with Crippen molar-refractivity contribution in [3.8, 4) is 0 Å². The summed E-state index contributed by atoms with van der Waals surface area (Å²) in [6.07, 6.45) is 0.840. The first kappa shape index (κ1) is 12.4. The Labute approximate surface area is 89.1 Å². The number of hydrogen-bond acceptors (Lipinski definition) is 4. The Balaban J connectivity index is 2.28. The summed E-state index contributed by atoms with van der Waals surface area (Å²) in [5.41, 5.74) is 0. The van der Waals surface area contributed by atoms with Gasteiger partial charge in [-0.05, 0) is 19.4 Å². The highest BCUT2D eigenvalue weighted by atomic mass is 32.2. The van der Waals surface area contributed by atoms with Gasteiger partial charge in [-0.3, -0.25) is 4.79 Å². The van der Waals surface area contributed by atoms with E-state index >= 15 is 0 Å². The molecule has 1 aliphatic heterocycles. The van der Waals surface area contributed by atoms with E-state index in [0.717, 1.165) is 13.0 Å². The molecular formula is C8H16N2O4S. The van der Waals surface area contributed by atoms with E-state index < -0.39 is 16.0 Å². The van der Waals surface area contributed by atoms with Gasteiger partial charge in [0.25, 0.3) is 0 Å². The third-order valence-corrected chi connectivity index (χ3v) is 3.73. The maximum atomic E-state index is 11.4. The molecule has 1 atom stereocenters. The van der Waals surface area contributed by atoms with Crippen molar-refractivity contribution in [2.45, 2.75) is 25.3 Å². The van der Waals surface area contributed by atoms with Gasteiger partial charge in [0.2, 0.25) is 10.0 Å². The van der Waals surface area contributed by atoms with Crippen LogP contribution in [0, 0.1) is 0 Å². The van der Waals surface area contributed by atoms with Gasteiger partial charge in [-0.25, -0.2) is 13.1 Å². The van der Waals surface area contributed by atoms with Crippen LogP contribution in [0.25, 0.3) is 0 Å². The van der Waals surface area contributed by atoms with Crippen LogP contribution < -0.4 is 10.0 Å². The SMILES string of the molecule is O=C(O)CCCS(=O)(=O)NC1CCNC1. The Kier molecular flexibility index (Phi) is 4.49. The molecule has 0 aromatic heterocycles. The molecule has 0 aromatic rings. The highest BCUT2D eigenvalue weighted by molar-refractivity contribution is 7.89. The average molecular weight is 236 g/mol. The monoisotopic (exact) mass is 236 g/mol. The zero-order chi connectivity index (χ0) is 11.3. The van der Waals surface area contributed by atoms with Crippen molar-refractivity contribution in [1.29, 1.82) is 0 Å². The molecule has 88 valence electrons. The highest BCUT2D eigenvalue weighted by Gasteiger charge is 2.20. The largest absolute Gasteiger partial charge is 0.481 e. The Bertz CT molecular complexity index is 309. The van der Waals surface area contributed by atoms with Crippen LogP contribution in [-0.2, 0) is 14.8 Å². The van der Waals surface area contributed by atoms with Crippen molar-refractivity contribution in [2.75, 3.05) is 18.8 Å². The second-order valence-corrected chi connectivity index (χ2v) is 5.50. The normalized spacial score (nSPS) is 21.7. The summed E-state index contributed by atoms with van der Waals surface area (Å²) in [5.74, 6) is -1.08.